The van der Waals surface area contributed by atoms with Gasteiger partial charge in [0.05, 0.1) is 18.4 Å². The Morgan fingerprint density at radius 3 is 2.68 bits per heavy atom. The van der Waals surface area contributed by atoms with E-state index in [-0.39, 0.29) is 12.0 Å². The van der Waals surface area contributed by atoms with E-state index in [1.165, 1.54) is 11.0 Å². The van der Waals surface area contributed by atoms with Gasteiger partial charge in [0.2, 0.25) is 5.88 Å². The molecule has 1 aliphatic heterocycles. The molecular formula is C19H21N7O2. The maximum atomic E-state index is 12.7. The second-order valence-corrected chi connectivity index (χ2v) is 6.76. The Bertz CT molecular complexity index is 940. The summed E-state index contributed by atoms with van der Waals surface area (Å²) in [4.78, 5) is 17.8. The van der Waals surface area contributed by atoms with Gasteiger partial charge in [-0.15, -0.1) is 15.3 Å². The number of hydrogen-bond acceptors (Lipinski definition) is 7. The molecule has 1 aromatic carbocycles. The summed E-state index contributed by atoms with van der Waals surface area (Å²) in [6.07, 6.45) is 2.11. The number of anilines is 1. The molecule has 0 saturated carbocycles. The van der Waals surface area contributed by atoms with Crippen molar-refractivity contribution in [2.45, 2.75) is 12.5 Å². The van der Waals surface area contributed by atoms with Gasteiger partial charge < -0.3 is 14.5 Å². The van der Waals surface area contributed by atoms with Crippen molar-refractivity contribution in [1.29, 1.82) is 0 Å². The van der Waals surface area contributed by atoms with Gasteiger partial charge in [-0.3, -0.25) is 4.79 Å². The van der Waals surface area contributed by atoms with Crippen molar-refractivity contribution in [2.24, 2.45) is 0 Å². The number of carbonyl (C=O) groups is 1. The molecule has 1 amide bonds. The van der Waals surface area contributed by atoms with Gasteiger partial charge in [0, 0.05) is 33.1 Å². The van der Waals surface area contributed by atoms with E-state index in [9.17, 15) is 4.79 Å². The Hall–Kier alpha value is -3.49. The van der Waals surface area contributed by atoms with E-state index < -0.39 is 0 Å². The van der Waals surface area contributed by atoms with E-state index in [4.69, 9.17) is 4.74 Å². The minimum absolute atomic E-state index is 0.118. The van der Waals surface area contributed by atoms with E-state index >= 15 is 0 Å². The molecule has 144 valence electrons. The summed E-state index contributed by atoms with van der Waals surface area (Å²) in [6, 6.07) is 13.1. The van der Waals surface area contributed by atoms with Crippen LogP contribution < -0.4 is 9.64 Å². The number of rotatable bonds is 5. The highest BCUT2D eigenvalue weighted by Gasteiger charge is 2.30. The first-order chi connectivity index (χ1) is 13.6. The van der Waals surface area contributed by atoms with Crippen LogP contribution in [0.15, 0.2) is 48.7 Å². The number of likely N-dealkylation sites (tertiary alicyclic amines) is 1. The van der Waals surface area contributed by atoms with E-state index in [1.54, 1.807) is 11.0 Å². The van der Waals surface area contributed by atoms with Gasteiger partial charge in [0.25, 0.3) is 5.91 Å². The molecule has 2 aromatic heterocycles. The zero-order valence-electron chi connectivity index (χ0n) is 15.8. The van der Waals surface area contributed by atoms with Crippen molar-refractivity contribution in [1.82, 2.24) is 30.1 Å². The van der Waals surface area contributed by atoms with E-state index in [0.717, 1.165) is 17.9 Å². The first-order valence-electron chi connectivity index (χ1n) is 9.05. The van der Waals surface area contributed by atoms with E-state index in [1.807, 2.05) is 55.4 Å². The third-order valence-corrected chi connectivity index (χ3v) is 4.50. The van der Waals surface area contributed by atoms with Crippen molar-refractivity contribution in [3.8, 4) is 11.6 Å². The molecule has 3 heterocycles. The predicted molar refractivity (Wildman–Crippen MR) is 103 cm³/mol. The molecule has 9 nitrogen and oxygen atoms in total. The van der Waals surface area contributed by atoms with Gasteiger partial charge in [-0.2, -0.15) is 9.90 Å². The molecule has 1 unspecified atom stereocenters. The van der Waals surface area contributed by atoms with Crippen molar-refractivity contribution >= 4 is 11.7 Å². The van der Waals surface area contributed by atoms with Crippen LogP contribution in [0.3, 0.4) is 0 Å². The standard InChI is InChI=1S/C19H21N7O2/c1-24(2)17-8-9-18(22-21-17)28-15-10-11-25(13-15)19(27)16-12-20-26(23-16)14-6-4-3-5-7-14/h3-9,12,15H,10-11,13H2,1-2H3. The second kappa shape index (κ2) is 7.63. The maximum absolute atomic E-state index is 12.7. The zero-order valence-corrected chi connectivity index (χ0v) is 15.8. The normalized spacial score (nSPS) is 16.2. The van der Waals surface area contributed by atoms with Crippen molar-refractivity contribution in [3.63, 3.8) is 0 Å². The lowest BCUT2D eigenvalue weighted by Gasteiger charge is -2.16. The third kappa shape index (κ3) is 3.78. The molecule has 0 bridgehead atoms. The quantitative estimate of drug-likeness (QED) is 0.662. The minimum atomic E-state index is -0.151. The Morgan fingerprint density at radius 2 is 1.96 bits per heavy atom. The summed E-state index contributed by atoms with van der Waals surface area (Å²) < 4.78 is 5.87. The number of carbonyl (C=O) groups excluding carboxylic acids is 1. The Kier molecular flexibility index (Phi) is 4.88. The third-order valence-electron chi connectivity index (χ3n) is 4.50. The zero-order chi connectivity index (χ0) is 19.5. The highest BCUT2D eigenvalue weighted by Crippen LogP contribution is 2.19. The summed E-state index contributed by atoms with van der Waals surface area (Å²) in [6.45, 7) is 1.08. The van der Waals surface area contributed by atoms with E-state index in [2.05, 4.69) is 20.4 Å². The number of amides is 1. The monoisotopic (exact) mass is 379 g/mol. The molecular weight excluding hydrogens is 358 g/mol. The molecule has 3 aromatic rings. The van der Waals surface area contributed by atoms with Crippen LogP contribution in [0.5, 0.6) is 5.88 Å². The van der Waals surface area contributed by atoms with Gasteiger partial charge in [-0.05, 0) is 18.2 Å². The fraction of sp³-hybridized carbons (Fsp3) is 0.316. The van der Waals surface area contributed by atoms with Crippen LogP contribution in [-0.4, -0.2) is 69.3 Å². The highest BCUT2D eigenvalue weighted by atomic mass is 16.5. The molecule has 0 spiro atoms. The summed E-state index contributed by atoms with van der Waals surface area (Å²) in [5.41, 5.74) is 1.13. The largest absolute Gasteiger partial charge is 0.471 e. The molecule has 0 N–H and O–H groups in total. The van der Waals surface area contributed by atoms with Crippen LogP contribution >= 0.6 is 0 Å². The van der Waals surface area contributed by atoms with Gasteiger partial charge in [-0.1, -0.05) is 18.2 Å². The topological polar surface area (TPSA) is 89.3 Å². The molecule has 4 rings (SSSR count). The average molecular weight is 379 g/mol. The fourth-order valence-corrected chi connectivity index (χ4v) is 3.00. The molecule has 0 aliphatic carbocycles. The van der Waals surface area contributed by atoms with Gasteiger partial charge >= 0.3 is 0 Å². The lowest BCUT2D eigenvalue weighted by Crippen LogP contribution is -2.31. The fourth-order valence-electron chi connectivity index (χ4n) is 3.00. The van der Waals surface area contributed by atoms with Crippen LogP contribution in [-0.2, 0) is 0 Å². The molecule has 1 aliphatic rings. The summed E-state index contributed by atoms with van der Waals surface area (Å²) in [5, 5.41) is 16.7. The molecule has 9 heteroatoms. The first kappa shape index (κ1) is 17.9. The summed E-state index contributed by atoms with van der Waals surface area (Å²) in [5.74, 6) is 1.07. The van der Waals surface area contributed by atoms with Crippen LogP contribution in [0.4, 0.5) is 5.82 Å². The van der Waals surface area contributed by atoms with E-state index in [0.29, 0.717) is 24.7 Å². The highest BCUT2D eigenvalue weighted by molar-refractivity contribution is 5.92. The lowest BCUT2D eigenvalue weighted by molar-refractivity contribution is 0.0764. The molecule has 28 heavy (non-hydrogen) atoms. The average Bonchev–Trinajstić information content (AvgIpc) is 3.38. The van der Waals surface area contributed by atoms with Crippen molar-refractivity contribution < 1.29 is 9.53 Å². The summed E-state index contributed by atoms with van der Waals surface area (Å²) >= 11 is 0. The van der Waals surface area contributed by atoms with Crippen molar-refractivity contribution in [2.75, 3.05) is 32.1 Å². The van der Waals surface area contributed by atoms with Gasteiger partial charge in [0.15, 0.2) is 11.5 Å². The van der Waals surface area contributed by atoms with Crippen LogP contribution in [0.1, 0.15) is 16.9 Å². The smallest absolute Gasteiger partial charge is 0.276 e. The van der Waals surface area contributed by atoms with Gasteiger partial charge in [-0.25, -0.2) is 0 Å². The van der Waals surface area contributed by atoms with Crippen LogP contribution in [0.25, 0.3) is 5.69 Å². The molecule has 1 fully saturated rings. The van der Waals surface area contributed by atoms with Crippen molar-refractivity contribution in [3.05, 3.63) is 54.4 Å². The Labute approximate surface area is 162 Å². The Balaban J connectivity index is 1.37. The summed E-state index contributed by atoms with van der Waals surface area (Å²) in [7, 11) is 3.80. The molecule has 1 saturated heterocycles. The predicted octanol–water partition coefficient (Wildman–Crippen LogP) is 1.42. The van der Waals surface area contributed by atoms with Gasteiger partial charge in [0.1, 0.15) is 6.10 Å². The van der Waals surface area contributed by atoms with Crippen LogP contribution in [0, 0.1) is 0 Å². The minimum Gasteiger partial charge on any atom is -0.471 e. The second-order valence-electron chi connectivity index (χ2n) is 6.76. The number of para-hydroxylation sites is 1. The molecule has 1 atom stereocenters. The Morgan fingerprint density at radius 1 is 1.14 bits per heavy atom. The van der Waals surface area contributed by atoms with Crippen LogP contribution in [0.2, 0.25) is 0 Å². The SMILES string of the molecule is CN(C)c1ccc(OC2CCN(C(=O)c3cnn(-c4ccccc4)n3)C2)nn1. The number of hydrogen-bond donors (Lipinski definition) is 0. The number of benzene rings is 1. The lowest BCUT2D eigenvalue weighted by atomic mass is 10.3. The number of aromatic nitrogens is 5. The number of ether oxygens (including phenoxy) is 1. The molecule has 0 radical (unpaired) electrons. The first-order valence-corrected chi connectivity index (χ1v) is 9.05. The maximum Gasteiger partial charge on any atom is 0.276 e. The number of nitrogens with zero attached hydrogens (tertiary/aromatic N) is 7.